The molecule has 3 aliphatic rings. The first kappa shape index (κ1) is 15.7. The topological polar surface area (TPSA) is 65.6 Å². The first-order chi connectivity index (χ1) is 11.6. The predicted octanol–water partition coefficient (Wildman–Crippen LogP) is 2.12. The number of ether oxygens (including phenoxy) is 1. The fourth-order valence-electron chi connectivity index (χ4n) is 4.18. The summed E-state index contributed by atoms with van der Waals surface area (Å²) < 4.78 is 5.72. The first-order valence-corrected chi connectivity index (χ1v) is 9.00. The Morgan fingerprint density at radius 3 is 3.12 bits per heavy atom. The Morgan fingerprint density at radius 2 is 2.29 bits per heavy atom. The van der Waals surface area contributed by atoms with Gasteiger partial charge in [-0.2, -0.15) is 0 Å². The highest BCUT2D eigenvalue weighted by atomic mass is 16.5. The third kappa shape index (κ3) is 2.84. The smallest absolute Gasteiger partial charge is 0.321 e. The summed E-state index contributed by atoms with van der Waals surface area (Å²) in [5.41, 5.74) is 8.78. The zero-order valence-electron chi connectivity index (χ0n) is 14.3. The zero-order valence-corrected chi connectivity index (χ0v) is 14.3. The normalized spacial score (nSPS) is 31.3. The molecule has 0 aromatic heterocycles. The molecule has 1 aromatic carbocycles. The average molecular weight is 330 g/mol. The highest BCUT2D eigenvalue weighted by Crippen LogP contribution is 2.31. The monoisotopic (exact) mass is 330 g/mol. The third-order valence-corrected chi connectivity index (χ3v) is 5.50. The van der Waals surface area contributed by atoms with Gasteiger partial charge < -0.3 is 15.0 Å². The molecule has 130 valence electrons. The number of hydrogen-bond donors (Lipinski definition) is 3. The number of amides is 2. The molecule has 0 saturated carbocycles. The van der Waals surface area contributed by atoms with Crippen LogP contribution in [-0.4, -0.2) is 42.2 Å². The Hall–Kier alpha value is -1.79. The maximum Gasteiger partial charge on any atom is 0.321 e. The minimum atomic E-state index is 0.00196. The van der Waals surface area contributed by atoms with E-state index in [9.17, 15) is 4.79 Å². The molecule has 4 unspecified atom stereocenters. The van der Waals surface area contributed by atoms with Gasteiger partial charge in [-0.1, -0.05) is 6.92 Å². The number of benzene rings is 1. The summed E-state index contributed by atoms with van der Waals surface area (Å²) in [5.74, 6) is 1.43. The lowest BCUT2D eigenvalue weighted by atomic mass is 9.87. The van der Waals surface area contributed by atoms with Gasteiger partial charge in [-0.15, -0.1) is 0 Å². The summed E-state index contributed by atoms with van der Waals surface area (Å²) >= 11 is 0. The lowest BCUT2D eigenvalue weighted by Crippen LogP contribution is -2.49. The number of rotatable bonds is 2. The van der Waals surface area contributed by atoms with Gasteiger partial charge in [0.1, 0.15) is 11.9 Å². The lowest BCUT2D eigenvalue weighted by Gasteiger charge is -2.35. The van der Waals surface area contributed by atoms with Gasteiger partial charge in [-0.3, -0.25) is 10.9 Å². The van der Waals surface area contributed by atoms with E-state index in [1.54, 1.807) is 0 Å². The highest BCUT2D eigenvalue weighted by Gasteiger charge is 2.40. The fraction of sp³-hybridized carbons (Fsp3) is 0.611. The van der Waals surface area contributed by atoms with Crippen LogP contribution in [0.4, 0.5) is 10.5 Å². The molecule has 3 N–H and O–H groups in total. The van der Waals surface area contributed by atoms with Gasteiger partial charge in [0.2, 0.25) is 0 Å². The van der Waals surface area contributed by atoms with Crippen LogP contribution in [0.15, 0.2) is 18.2 Å². The van der Waals surface area contributed by atoms with Crippen LogP contribution in [0.3, 0.4) is 0 Å². The molecule has 2 amide bonds. The van der Waals surface area contributed by atoms with E-state index in [4.69, 9.17) is 4.74 Å². The molecular formula is C18H26N4O2. The maximum absolute atomic E-state index is 12.7. The number of hydrazine groups is 1. The molecule has 3 aliphatic heterocycles. The minimum absolute atomic E-state index is 0.00196. The van der Waals surface area contributed by atoms with Crippen molar-refractivity contribution < 1.29 is 9.53 Å². The van der Waals surface area contributed by atoms with Crippen molar-refractivity contribution in [3.8, 4) is 5.75 Å². The van der Waals surface area contributed by atoms with Crippen molar-refractivity contribution in [1.29, 1.82) is 0 Å². The molecule has 0 aliphatic carbocycles. The number of carbonyl (C=O) groups excluding carboxylic acids is 1. The summed E-state index contributed by atoms with van der Waals surface area (Å²) in [7, 11) is 0. The molecule has 3 heterocycles. The number of hydrogen-bond acceptors (Lipinski definition) is 4. The number of likely N-dealkylation sites (tertiary alicyclic amines) is 1. The van der Waals surface area contributed by atoms with E-state index < -0.39 is 0 Å². The van der Waals surface area contributed by atoms with Crippen LogP contribution in [-0.2, 0) is 6.42 Å². The molecule has 1 aromatic rings. The predicted molar refractivity (Wildman–Crippen MR) is 93.1 cm³/mol. The van der Waals surface area contributed by atoms with E-state index in [1.165, 1.54) is 5.56 Å². The SMILES string of the molecule is CCC1NNC2CCN(C(=O)Nc3ccc4c(c3)CC(C)O4)CC12. The highest BCUT2D eigenvalue weighted by molar-refractivity contribution is 5.89. The number of nitrogens with zero attached hydrogens (tertiary/aromatic N) is 1. The van der Waals surface area contributed by atoms with Crippen molar-refractivity contribution in [2.24, 2.45) is 5.92 Å². The molecule has 4 atom stereocenters. The molecular weight excluding hydrogens is 304 g/mol. The van der Waals surface area contributed by atoms with E-state index in [1.807, 2.05) is 23.1 Å². The summed E-state index contributed by atoms with van der Waals surface area (Å²) in [6.45, 7) is 5.86. The second kappa shape index (κ2) is 6.26. The second-order valence-electron chi connectivity index (χ2n) is 7.19. The third-order valence-electron chi connectivity index (χ3n) is 5.50. The Bertz CT molecular complexity index is 629. The number of fused-ring (bicyclic) bond motifs is 2. The van der Waals surface area contributed by atoms with E-state index in [0.717, 1.165) is 43.8 Å². The van der Waals surface area contributed by atoms with Crippen LogP contribution < -0.4 is 20.9 Å². The summed E-state index contributed by atoms with van der Waals surface area (Å²) in [6.07, 6.45) is 3.20. The number of piperidine rings is 1. The Labute approximate surface area is 142 Å². The van der Waals surface area contributed by atoms with Crippen LogP contribution in [0, 0.1) is 5.92 Å². The van der Waals surface area contributed by atoms with Crippen LogP contribution >= 0.6 is 0 Å². The standard InChI is InChI=1S/C18H26N4O2/c1-3-15-14-10-22(7-6-16(14)21-20-15)18(23)19-13-4-5-17-12(9-13)8-11(2)24-17/h4-5,9,11,14-16,20-21H,3,6-8,10H2,1-2H3,(H,19,23). The fourth-order valence-corrected chi connectivity index (χ4v) is 4.18. The molecule has 6 heteroatoms. The van der Waals surface area contributed by atoms with Gasteiger partial charge in [-0.25, -0.2) is 4.79 Å². The van der Waals surface area contributed by atoms with E-state index in [-0.39, 0.29) is 12.1 Å². The molecule has 2 saturated heterocycles. The van der Waals surface area contributed by atoms with Crippen molar-refractivity contribution in [2.45, 2.75) is 51.3 Å². The van der Waals surface area contributed by atoms with Crippen molar-refractivity contribution in [2.75, 3.05) is 18.4 Å². The molecule has 4 rings (SSSR count). The van der Waals surface area contributed by atoms with Gasteiger partial charge in [0.05, 0.1) is 0 Å². The Kier molecular flexibility index (Phi) is 4.10. The van der Waals surface area contributed by atoms with Crippen molar-refractivity contribution in [3.05, 3.63) is 23.8 Å². The average Bonchev–Trinajstić information content (AvgIpc) is 3.15. The van der Waals surface area contributed by atoms with Gasteiger partial charge >= 0.3 is 6.03 Å². The number of urea groups is 1. The van der Waals surface area contributed by atoms with Crippen LogP contribution in [0.2, 0.25) is 0 Å². The van der Waals surface area contributed by atoms with E-state index in [2.05, 4.69) is 30.0 Å². The van der Waals surface area contributed by atoms with Crippen molar-refractivity contribution >= 4 is 11.7 Å². The summed E-state index contributed by atoms with van der Waals surface area (Å²) in [5, 5.41) is 3.06. The first-order valence-electron chi connectivity index (χ1n) is 9.00. The molecule has 0 radical (unpaired) electrons. The van der Waals surface area contributed by atoms with Crippen LogP contribution in [0.25, 0.3) is 0 Å². The molecule has 6 nitrogen and oxygen atoms in total. The Balaban J connectivity index is 1.41. The molecule has 24 heavy (non-hydrogen) atoms. The minimum Gasteiger partial charge on any atom is -0.490 e. The number of anilines is 1. The second-order valence-corrected chi connectivity index (χ2v) is 7.19. The van der Waals surface area contributed by atoms with E-state index in [0.29, 0.717) is 18.0 Å². The van der Waals surface area contributed by atoms with Gasteiger partial charge in [0, 0.05) is 43.2 Å². The van der Waals surface area contributed by atoms with Gasteiger partial charge in [0.15, 0.2) is 0 Å². The summed E-state index contributed by atoms with van der Waals surface area (Å²) in [6, 6.07) is 6.86. The van der Waals surface area contributed by atoms with Crippen molar-refractivity contribution in [3.63, 3.8) is 0 Å². The number of carbonyl (C=O) groups is 1. The largest absolute Gasteiger partial charge is 0.490 e. The summed E-state index contributed by atoms with van der Waals surface area (Å²) in [4.78, 5) is 14.6. The Morgan fingerprint density at radius 1 is 1.42 bits per heavy atom. The quantitative estimate of drug-likeness (QED) is 0.777. The van der Waals surface area contributed by atoms with Crippen LogP contribution in [0.1, 0.15) is 32.3 Å². The van der Waals surface area contributed by atoms with Crippen LogP contribution in [0.5, 0.6) is 5.75 Å². The maximum atomic E-state index is 12.7. The van der Waals surface area contributed by atoms with Gasteiger partial charge in [-0.05, 0) is 43.5 Å². The molecule has 0 bridgehead atoms. The van der Waals surface area contributed by atoms with Crippen molar-refractivity contribution in [1.82, 2.24) is 15.8 Å². The van der Waals surface area contributed by atoms with Gasteiger partial charge in [0.25, 0.3) is 0 Å². The van der Waals surface area contributed by atoms with E-state index >= 15 is 0 Å². The zero-order chi connectivity index (χ0) is 16.7. The lowest BCUT2D eigenvalue weighted by molar-refractivity contribution is 0.165. The molecule has 2 fully saturated rings. The molecule has 0 spiro atoms. The number of nitrogens with one attached hydrogen (secondary N) is 3.